The minimum atomic E-state index is -3.30. The van der Waals surface area contributed by atoms with Crippen LogP contribution < -0.4 is 4.72 Å². The number of halogens is 1. The zero-order valence-electron chi connectivity index (χ0n) is 22.5. The van der Waals surface area contributed by atoms with Gasteiger partial charge in [0.15, 0.2) is 0 Å². The summed E-state index contributed by atoms with van der Waals surface area (Å²) < 4.78 is 43.8. The van der Waals surface area contributed by atoms with Crippen molar-refractivity contribution in [3.05, 3.63) is 88.5 Å². The third-order valence-electron chi connectivity index (χ3n) is 8.95. The molecular weight excluding hydrogens is 513 g/mol. The van der Waals surface area contributed by atoms with E-state index in [2.05, 4.69) is 35.8 Å². The van der Waals surface area contributed by atoms with Crippen LogP contribution in [0.3, 0.4) is 0 Å². The summed E-state index contributed by atoms with van der Waals surface area (Å²) in [5.74, 6) is -0.283. The lowest BCUT2D eigenvalue weighted by Gasteiger charge is -2.39. The molecule has 39 heavy (non-hydrogen) atoms. The highest BCUT2D eigenvalue weighted by molar-refractivity contribution is 7.90. The van der Waals surface area contributed by atoms with Crippen LogP contribution in [0, 0.1) is 11.2 Å². The molecule has 2 aromatic carbocycles. The topological polar surface area (TPSA) is 84.2 Å². The highest BCUT2D eigenvalue weighted by Gasteiger charge is 2.51. The number of rotatable bonds is 10. The van der Waals surface area contributed by atoms with Crippen LogP contribution in [0.5, 0.6) is 0 Å². The molecule has 2 fully saturated rings. The van der Waals surface area contributed by atoms with E-state index in [1.165, 1.54) is 12.1 Å². The van der Waals surface area contributed by atoms with Crippen molar-refractivity contribution in [3.8, 4) is 5.69 Å². The Kier molecular flexibility index (Phi) is 6.56. The maximum Gasteiger partial charge on any atom is 0.215 e. The van der Waals surface area contributed by atoms with E-state index in [9.17, 15) is 17.9 Å². The predicted octanol–water partition coefficient (Wildman–Crippen LogP) is 5.43. The summed E-state index contributed by atoms with van der Waals surface area (Å²) >= 11 is 0. The number of fused-ring (bicyclic) bond motifs is 1. The van der Waals surface area contributed by atoms with Gasteiger partial charge in [0.05, 0.1) is 34.5 Å². The summed E-state index contributed by atoms with van der Waals surface area (Å²) in [4.78, 5) is 0. The first-order valence-corrected chi connectivity index (χ1v) is 15.5. The highest BCUT2D eigenvalue weighted by atomic mass is 32.2. The van der Waals surface area contributed by atoms with Gasteiger partial charge in [-0.25, -0.2) is 22.2 Å². The molecule has 1 unspecified atom stereocenters. The van der Waals surface area contributed by atoms with Gasteiger partial charge in [-0.15, -0.1) is 0 Å². The summed E-state index contributed by atoms with van der Waals surface area (Å²) in [5, 5.41) is 16.0. The summed E-state index contributed by atoms with van der Waals surface area (Å²) in [6, 6.07) is 14.4. The number of hydrogen-bond acceptors (Lipinski definition) is 4. The molecule has 3 aromatic rings. The van der Waals surface area contributed by atoms with Crippen LogP contribution in [0.4, 0.5) is 4.39 Å². The molecule has 1 heterocycles. The van der Waals surface area contributed by atoms with Crippen molar-refractivity contribution in [2.75, 3.05) is 0 Å². The molecule has 0 radical (unpaired) electrons. The standard InChI is InChI=1S/C31H36FN3O3S/c1-3-23-18-28-22(20-33-35(28)25-11-9-24(32)10-12-25)19-30(23,2)29(36)15-8-21-6-4-5-7-27(21)31(16-17-31)34-39(37,38)26-13-14-26/h4-7,9-12,18,20,26,29,34,36H,3,8,13-17,19H2,1-2H3/t29-,30?/m0/s1. The lowest BCUT2D eigenvalue weighted by molar-refractivity contribution is 0.0531. The molecule has 0 spiro atoms. The molecule has 1 aromatic heterocycles. The van der Waals surface area contributed by atoms with E-state index in [-0.39, 0.29) is 11.1 Å². The monoisotopic (exact) mass is 549 g/mol. The van der Waals surface area contributed by atoms with Crippen LogP contribution in [-0.2, 0) is 28.4 Å². The van der Waals surface area contributed by atoms with E-state index in [0.717, 1.165) is 65.7 Å². The fraction of sp³-hybridized carbons (Fsp3) is 0.452. The molecule has 2 N–H and O–H groups in total. The van der Waals surface area contributed by atoms with Gasteiger partial charge in [0.2, 0.25) is 10.0 Å². The van der Waals surface area contributed by atoms with E-state index in [0.29, 0.717) is 19.3 Å². The Morgan fingerprint density at radius 1 is 1.15 bits per heavy atom. The Balaban J connectivity index is 1.21. The molecule has 0 bridgehead atoms. The first kappa shape index (κ1) is 26.4. The average Bonchev–Trinajstić information content (AvgIpc) is 3.86. The molecule has 3 aliphatic rings. The van der Waals surface area contributed by atoms with Crippen molar-refractivity contribution in [1.29, 1.82) is 0 Å². The number of aromatic nitrogens is 2. The number of aliphatic hydroxyl groups is 1. The summed E-state index contributed by atoms with van der Waals surface area (Å²) in [6.45, 7) is 4.24. The largest absolute Gasteiger partial charge is 0.392 e. The molecule has 0 aliphatic heterocycles. The van der Waals surface area contributed by atoms with Crippen molar-refractivity contribution in [2.45, 2.75) is 82.1 Å². The number of sulfonamides is 1. The van der Waals surface area contributed by atoms with Crippen LogP contribution in [-0.4, -0.2) is 34.7 Å². The Labute approximate surface area is 230 Å². The molecule has 6 nitrogen and oxygen atoms in total. The van der Waals surface area contributed by atoms with Crippen molar-refractivity contribution in [3.63, 3.8) is 0 Å². The van der Waals surface area contributed by atoms with Crippen molar-refractivity contribution >= 4 is 16.1 Å². The number of aliphatic hydroxyl groups excluding tert-OH is 1. The minimum absolute atomic E-state index is 0.244. The average molecular weight is 550 g/mol. The maximum atomic E-state index is 13.5. The number of nitrogens with one attached hydrogen (secondary N) is 1. The summed E-state index contributed by atoms with van der Waals surface area (Å²) in [7, 11) is -3.30. The molecule has 2 atom stereocenters. The van der Waals surface area contributed by atoms with Crippen molar-refractivity contribution in [2.24, 2.45) is 5.41 Å². The number of aryl methyl sites for hydroxylation is 1. The zero-order chi connectivity index (χ0) is 27.4. The molecule has 3 aliphatic carbocycles. The SMILES string of the molecule is CCC1=Cc2c(cnn2-c2ccc(F)cc2)CC1(C)[C@@H](O)CCc1ccccc1C1(NS(=O)(=O)C2CC2)CC1. The lowest BCUT2D eigenvalue weighted by atomic mass is 9.67. The number of nitrogens with zero attached hydrogens (tertiary/aromatic N) is 2. The third-order valence-corrected chi connectivity index (χ3v) is 11.0. The summed E-state index contributed by atoms with van der Waals surface area (Å²) in [5.41, 5.74) is 5.20. The van der Waals surface area contributed by atoms with Gasteiger partial charge in [-0.05, 0) is 98.4 Å². The van der Waals surface area contributed by atoms with E-state index in [1.807, 2.05) is 29.1 Å². The van der Waals surface area contributed by atoms with Gasteiger partial charge in [-0.2, -0.15) is 5.10 Å². The Morgan fingerprint density at radius 3 is 2.54 bits per heavy atom. The molecular formula is C31H36FN3O3S. The van der Waals surface area contributed by atoms with Crippen LogP contribution in [0.15, 0.2) is 60.3 Å². The Hall–Kier alpha value is -2.81. The normalized spacial score (nSPS) is 22.7. The maximum absolute atomic E-state index is 13.5. The fourth-order valence-electron chi connectivity index (χ4n) is 6.25. The smallest absolute Gasteiger partial charge is 0.215 e. The van der Waals surface area contributed by atoms with E-state index in [4.69, 9.17) is 0 Å². The van der Waals surface area contributed by atoms with Gasteiger partial charge in [0.1, 0.15) is 5.82 Å². The van der Waals surface area contributed by atoms with Crippen LogP contribution in [0.1, 0.15) is 74.8 Å². The Bertz CT molecular complexity index is 1520. The first-order valence-electron chi connectivity index (χ1n) is 14.0. The highest BCUT2D eigenvalue weighted by Crippen LogP contribution is 2.49. The molecule has 0 amide bonds. The van der Waals surface area contributed by atoms with Gasteiger partial charge in [-0.1, -0.05) is 43.7 Å². The summed E-state index contributed by atoms with van der Waals surface area (Å²) in [6.07, 6.45) is 9.20. The van der Waals surface area contributed by atoms with E-state index < -0.39 is 27.1 Å². The molecule has 8 heteroatoms. The number of benzene rings is 2. The van der Waals surface area contributed by atoms with Gasteiger partial charge >= 0.3 is 0 Å². The van der Waals surface area contributed by atoms with E-state index >= 15 is 0 Å². The molecule has 206 valence electrons. The second-order valence-corrected chi connectivity index (χ2v) is 13.7. The Morgan fingerprint density at radius 2 is 1.87 bits per heavy atom. The van der Waals surface area contributed by atoms with E-state index in [1.54, 1.807) is 12.1 Å². The van der Waals surface area contributed by atoms with Gasteiger partial charge in [-0.3, -0.25) is 0 Å². The third kappa shape index (κ3) is 4.87. The first-order chi connectivity index (χ1) is 18.6. The van der Waals surface area contributed by atoms with Crippen LogP contribution in [0.25, 0.3) is 11.8 Å². The fourth-order valence-corrected chi connectivity index (χ4v) is 8.03. The second-order valence-electron chi connectivity index (χ2n) is 11.7. The van der Waals surface area contributed by atoms with Gasteiger partial charge in [0, 0.05) is 5.41 Å². The molecule has 0 saturated heterocycles. The molecule has 6 rings (SSSR count). The second kappa shape index (κ2) is 9.68. The molecule has 2 saturated carbocycles. The van der Waals surface area contributed by atoms with Crippen LogP contribution in [0.2, 0.25) is 0 Å². The van der Waals surface area contributed by atoms with Gasteiger partial charge in [0.25, 0.3) is 0 Å². The quantitative estimate of drug-likeness (QED) is 0.353. The number of hydrogen-bond donors (Lipinski definition) is 2. The van der Waals surface area contributed by atoms with Crippen LogP contribution >= 0.6 is 0 Å². The van der Waals surface area contributed by atoms with Crippen molar-refractivity contribution in [1.82, 2.24) is 14.5 Å². The van der Waals surface area contributed by atoms with Crippen molar-refractivity contribution < 1.29 is 17.9 Å². The van der Waals surface area contributed by atoms with Gasteiger partial charge < -0.3 is 5.11 Å². The predicted molar refractivity (Wildman–Crippen MR) is 150 cm³/mol. The zero-order valence-corrected chi connectivity index (χ0v) is 23.3. The minimum Gasteiger partial charge on any atom is -0.392 e. The lowest BCUT2D eigenvalue weighted by Crippen LogP contribution is -2.39.